The van der Waals surface area contributed by atoms with Gasteiger partial charge in [0.25, 0.3) is 0 Å². The molecule has 2 rings (SSSR count). The van der Waals surface area contributed by atoms with E-state index >= 15 is 0 Å². The summed E-state index contributed by atoms with van der Waals surface area (Å²) < 4.78 is 4.74. The van der Waals surface area contributed by atoms with Crippen LogP contribution >= 0.6 is 0 Å². The molecule has 0 aliphatic rings. The molecule has 3 nitrogen and oxygen atoms in total. The molecule has 1 atom stereocenters. The van der Waals surface area contributed by atoms with E-state index in [4.69, 9.17) is 4.74 Å². The van der Waals surface area contributed by atoms with Gasteiger partial charge in [-0.2, -0.15) is 0 Å². The van der Waals surface area contributed by atoms with E-state index in [1.807, 2.05) is 31.2 Å². The van der Waals surface area contributed by atoms with E-state index in [-0.39, 0.29) is 12.0 Å². The first-order valence-corrected chi connectivity index (χ1v) is 7.04. The van der Waals surface area contributed by atoms with Gasteiger partial charge < -0.3 is 10.1 Å². The normalized spacial score (nSPS) is 11.8. The fourth-order valence-electron chi connectivity index (χ4n) is 2.45. The SMILES string of the molecule is COC(=O)c1ccc(NC(C)c2ccccc2C)c(C)c1. The van der Waals surface area contributed by atoms with Crippen molar-refractivity contribution in [2.24, 2.45) is 0 Å². The molecule has 0 heterocycles. The number of aryl methyl sites for hydroxylation is 2. The molecule has 0 radical (unpaired) electrons. The first-order valence-electron chi connectivity index (χ1n) is 7.04. The monoisotopic (exact) mass is 283 g/mol. The zero-order chi connectivity index (χ0) is 15.4. The number of rotatable bonds is 4. The molecular formula is C18H21NO2. The third kappa shape index (κ3) is 3.43. The first kappa shape index (κ1) is 15.1. The van der Waals surface area contributed by atoms with Gasteiger partial charge in [0.1, 0.15) is 0 Å². The van der Waals surface area contributed by atoms with Crippen LogP contribution in [0.2, 0.25) is 0 Å². The van der Waals surface area contributed by atoms with Crippen molar-refractivity contribution >= 4 is 11.7 Å². The van der Waals surface area contributed by atoms with Crippen LogP contribution in [0.25, 0.3) is 0 Å². The maximum atomic E-state index is 11.5. The van der Waals surface area contributed by atoms with E-state index in [9.17, 15) is 4.79 Å². The summed E-state index contributed by atoms with van der Waals surface area (Å²) in [6.07, 6.45) is 0. The summed E-state index contributed by atoms with van der Waals surface area (Å²) in [5, 5.41) is 3.50. The molecular weight excluding hydrogens is 262 g/mol. The molecule has 0 saturated carbocycles. The molecule has 0 amide bonds. The van der Waals surface area contributed by atoms with Crippen molar-refractivity contribution < 1.29 is 9.53 Å². The Labute approximate surface area is 126 Å². The Morgan fingerprint density at radius 1 is 1.10 bits per heavy atom. The summed E-state index contributed by atoms with van der Waals surface area (Å²) in [5.74, 6) is -0.309. The maximum Gasteiger partial charge on any atom is 0.337 e. The zero-order valence-corrected chi connectivity index (χ0v) is 12.9. The summed E-state index contributed by atoms with van der Waals surface area (Å²) in [6, 6.07) is 14.1. The Kier molecular flexibility index (Phi) is 4.63. The molecule has 0 fully saturated rings. The first-order chi connectivity index (χ1) is 10.0. The molecule has 0 aliphatic carbocycles. The Morgan fingerprint density at radius 2 is 1.81 bits per heavy atom. The predicted molar refractivity (Wildman–Crippen MR) is 85.7 cm³/mol. The summed E-state index contributed by atoms with van der Waals surface area (Å²) in [6.45, 7) is 6.23. The number of benzene rings is 2. The molecule has 0 saturated heterocycles. The van der Waals surface area contributed by atoms with Gasteiger partial charge in [0.05, 0.1) is 12.7 Å². The van der Waals surface area contributed by atoms with Gasteiger partial charge in [-0.3, -0.25) is 0 Å². The molecule has 21 heavy (non-hydrogen) atoms. The molecule has 0 bridgehead atoms. The number of esters is 1. The average Bonchev–Trinajstić information content (AvgIpc) is 2.48. The lowest BCUT2D eigenvalue weighted by atomic mass is 10.0. The highest BCUT2D eigenvalue weighted by molar-refractivity contribution is 5.90. The minimum absolute atomic E-state index is 0.203. The van der Waals surface area contributed by atoms with Crippen LogP contribution in [0.5, 0.6) is 0 Å². The lowest BCUT2D eigenvalue weighted by molar-refractivity contribution is 0.0600. The van der Waals surface area contributed by atoms with Crippen LogP contribution in [0.15, 0.2) is 42.5 Å². The van der Waals surface area contributed by atoms with Crippen LogP contribution in [-0.2, 0) is 4.74 Å². The number of anilines is 1. The average molecular weight is 283 g/mol. The van der Waals surface area contributed by atoms with Gasteiger partial charge in [-0.25, -0.2) is 4.79 Å². The second-order valence-corrected chi connectivity index (χ2v) is 5.24. The number of hydrogen-bond donors (Lipinski definition) is 1. The Morgan fingerprint density at radius 3 is 2.43 bits per heavy atom. The second kappa shape index (κ2) is 6.44. The van der Waals surface area contributed by atoms with Gasteiger partial charge in [-0.15, -0.1) is 0 Å². The van der Waals surface area contributed by atoms with E-state index in [0.29, 0.717) is 5.56 Å². The highest BCUT2D eigenvalue weighted by Gasteiger charge is 2.11. The van der Waals surface area contributed by atoms with Gasteiger partial charge >= 0.3 is 5.97 Å². The van der Waals surface area contributed by atoms with Crippen molar-refractivity contribution in [2.75, 3.05) is 12.4 Å². The fourth-order valence-corrected chi connectivity index (χ4v) is 2.45. The number of carbonyl (C=O) groups excluding carboxylic acids is 1. The Balaban J connectivity index is 2.20. The highest BCUT2D eigenvalue weighted by atomic mass is 16.5. The smallest absolute Gasteiger partial charge is 0.337 e. The lowest BCUT2D eigenvalue weighted by Gasteiger charge is -2.19. The molecule has 3 heteroatoms. The van der Waals surface area contributed by atoms with Crippen molar-refractivity contribution in [1.29, 1.82) is 0 Å². The zero-order valence-electron chi connectivity index (χ0n) is 12.9. The van der Waals surface area contributed by atoms with Crippen LogP contribution in [0, 0.1) is 13.8 Å². The van der Waals surface area contributed by atoms with E-state index in [1.54, 1.807) is 6.07 Å². The molecule has 1 N–H and O–H groups in total. The van der Waals surface area contributed by atoms with Crippen molar-refractivity contribution in [3.05, 3.63) is 64.7 Å². The van der Waals surface area contributed by atoms with Crippen molar-refractivity contribution in [3.8, 4) is 0 Å². The number of ether oxygens (including phenoxy) is 1. The lowest BCUT2D eigenvalue weighted by Crippen LogP contribution is -2.10. The van der Waals surface area contributed by atoms with Gasteiger partial charge in [0.2, 0.25) is 0 Å². The van der Waals surface area contributed by atoms with Gasteiger partial charge in [-0.1, -0.05) is 24.3 Å². The van der Waals surface area contributed by atoms with Gasteiger partial charge in [0.15, 0.2) is 0 Å². The van der Waals surface area contributed by atoms with Crippen LogP contribution in [0.3, 0.4) is 0 Å². The van der Waals surface area contributed by atoms with E-state index in [0.717, 1.165) is 11.3 Å². The molecule has 0 spiro atoms. The third-order valence-electron chi connectivity index (χ3n) is 3.67. The third-order valence-corrected chi connectivity index (χ3v) is 3.67. The summed E-state index contributed by atoms with van der Waals surface area (Å²) in [5.41, 5.74) is 5.16. The predicted octanol–water partition coefficient (Wildman–Crippen LogP) is 4.26. The Bertz CT molecular complexity index is 649. The topological polar surface area (TPSA) is 38.3 Å². The Hall–Kier alpha value is -2.29. The molecule has 2 aromatic carbocycles. The number of carbonyl (C=O) groups is 1. The minimum atomic E-state index is -0.309. The van der Waals surface area contributed by atoms with Crippen LogP contribution in [0.1, 0.15) is 40.0 Å². The fraction of sp³-hybridized carbons (Fsp3) is 0.278. The molecule has 0 aromatic heterocycles. The minimum Gasteiger partial charge on any atom is -0.465 e. The van der Waals surface area contributed by atoms with Crippen molar-refractivity contribution in [2.45, 2.75) is 26.8 Å². The quantitative estimate of drug-likeness (QED) is 0.852. The van der Waals surface area contributed by atoms with E-state index in [1.165, 1.54) is 18.2 Å². The van der Waals surface area contributed by atoms with E-state index < -0.39 is 0 Å². The number of nitrogens with one attached hydrogen (secondary N) is 1. The largest absolute Gasteiger partial charge is 0.465 e. The number of methoxy groups -OCH3 is 1. The maximum absolute atomic E-state index is 11.5. The molecule has 1 unspecified atom stereocenters. The molecule has 2 aromatic rings. The van der Waals surface area contributed by atoms with Crippen molar-refractivity contribution in [1.82, 2.24) is 0 Å². The summed E-state index contributed by atoms with van der Waals surface area (Å²) in [4.78, 5) is 11.5. The standard InChI is InChI=1S/C18H21NO2/c1-12-7-5-6-8-16(12)14(3)19-17-10-9-15(11-13(17)2)18(20)21-4/h5-11,14,19H,1-4H3. The summed E-state index contributed by atoms with van der Waals surface area (Å²) >= 11 is 0. The highest BCUT2D eigenvalue weighted by Crippen LogP contribution is 2.25. The van der Waals surface area contributed by atoms with Gasteiger partial charge in [0, 0.05) is 11.7 Å². The molecule has 110 valence electrons. The number of hydrogen-bond acceptors (Lipinski definition) is 3. The second-order valence-electron chi connectivity index (χ2n) is 5.24. The van der Waals surface area contributed by atoms with Gasteiger partial charge in [-0.05, 0) is 55.7 Å². The van der Waals surface area contributed by atoms with Crippen molar-refractivity contribution in [3.63, 3.8) is 0 Å². The molecule has 0 aliphatic heterocycles. The van der Waals surface area contributed by atoms with E-state index in [2.05, 4.69) is 31.3 Å². The van der Waals surface area contributed by atoms with Crippen LogP contribution in [0.4, 0.5) is 5.69 Å². The van der Waals surface area contributed by atoms with Crippen LogP contribution in [-0.4, -0.2) is 13.1 Å². The summed E-state index contributed by atoms with van der Waals surface area (Å²) in [7, 11) is 1.39. The van der Waals surface area contributed by atoms with Crippen LogP contribution < -0.4 is 5.32 Å².